The van der Waals surface area contributed by atoms with Crippen LogP contribution in [0.5, 0.6) is 0 Å². The highest BCUT2D eigenvalue weighted by atomic mass is 19.2. The van der Waals surface area contributed by atoms with Gasteiger partial charge in [-0.1, -0.05) is 10.4 Å². The summed E-state index contributed by atoms with van der Waals surface area (Å²) >= 11 is 0. The number of rotatable bonds is 7. The predicted molar refractivity (Wildman–Crippen MR) is 127 cm³/mol. The summed E-state index contributed by atoms with van der Waals surface area (Å²) in [5.74, 6) is -3.68. The molecule has 210 valence electrons. The zero-order valence-electron chi connectivity index (χ0n) is 21.2. The van der Waals surface area contributed by atoms with Crippen LogP contribution in [0, 0.1) is 17.5 Å². The summed E-state index contributed by atoms with van der Waals surface area (Å²) in [6, 6.07) is 2.47. The molecule has 6 atom stereocenters. The van der Waals surface area contributed by atoms with E-state index in [1.807, 2.05) is 0 Å². The van der Waals surface area contributed by atoms with Crippen molar-refractivity contribution in [3.63, 3.8) is 0 Å². The summed E-state index contributed by atoms with van der Waals surface area (Å²) in [6.45, 7) is 2.20. The number of aliphatic hydroxyl groups is 2. The molecule has 39 heavy (non-hydrogen) atoms. The second-order valence-electron chi connectivity index (χ2n) is 9.79. The van der Waals surface area contributed by atoms with Gasteiger partial charge < -0.3 is 29.1 Å². The summed E-state index contributed by atoms with van der Waals surface area (Å²) in [7, 11) is 1.42. The van der Waals surface area contributed by atoms with Gasteiger partial charge in [0.2, 0.25) is 5.91 Å². The van der Waals surface area contributed by atoms with Crippen molar-refractivity contribution in [3.8, 4) is 11.3 Å². The monoisotopic (exact) mass is 551 g/mol. The van der Waals surface area contributed by atoms with Gasteiger partial charge in [-0.3, -0.25) is 4.79 Å². The first-order chi connectivity index (χ1) is 18.7. The molecule has 11 nitrogen and oxygen atoms in total. The lowest BCUT2D eigenvalue weighted by Crippen LogP contribution is -2.57. The predicted octanol–water partition coefficient (Wildman–Crippen LogP) is 1.61. The van der Waals surface area contributed by atoms with Gasteiger partial charge in [-0.2, -0.15) is 0 Å². The molecular weight excluding hydrogens is 523 g/mol. The highest BCUT2D eigenvalue weighted by Crippen LogP contribution is 2.35. The average molecular weight is 552 g/mol. The second kappa shape index (κ2) is 11.0. The minimum absolute atomic E-state index is 0.00129. The van der Waals surface area contributed by atoms with E-state index in [9.17, 15) is 28.2 Å². The van der Waals surface area contributed by atoms with Crippen molar-refractivity contribution in [2.24, 2.45) is 0 Å². The largest absolute Gasteiger partial charge is 0.394 e. The smallest absolute Gasteiger partial charge is 0.219 e. The highest BCUT2D eigenvalue weighted by Gasteiger charge is 2.47. The van der Waals surface area contributed by atoms with Crippen LogP contribution in [-0.4, -0.2) is 92.4 Å². The minimum atomic E-state index is -1.60. The van der Waals surface area contributed by atoms with Gasteiger partial charge in [0.05, 0.1) is 24.6 Å². The van der Waals surface area contributed by atoms with Crippen molar-refractivity contribution in [1.29, 1.82) is 0 Å². The van der Waals surface area contributed by atoms with Gasteiger partial charge in [-0.25, -0.2) is 17.9 Å². The lowest BCUT2D eigenvalue weighted by atomic mass is 9.90. The SMILES string of the molecule is CO[C@@H]1[C@@H](n2cc(-c3cc(F)c(F)c(F)c3)nn2)[C@@H](O)[C@@H](CO)O[C@@H]1Cc1cc(C2CCN(C(C)=O)C2)on1. The van der Waals surface area contributed by atoms with Crippen molar-refractivity contribution < 1.29 is 42.2 Å². The Labute approximate surface area is 221 Å². The molecule has 3 aromatic rings. The average Bonchev–Trinajstić information content (AvgIpc) is 3.68. The lowest BCUT2D eigenvalue weighted by molar-refractivity contribution is -0.212. The molecule has 5 rings (SSSR count). The Kier molecular flexibility index (Phi) is 7.71. The molecule has 1 aromatic carbocycles. The molecule has 2 N–H and O–H groups in total. The third kappa shape index (κ3) is 5.29. The van der Waals surface area contributed by atoms with Gasteiger partial charge in [-0.15, -0.1) is 5.10 Å². The molecule has 2 aromatic heterocycles. The van der Waals surface area contributed by atoms with Crippen molar-refractivity contribution in [3.05, 3.63) is 53.3 Å². The van der Waals surface area contributed by atoms with Gasteiger partial charge in [-0.05, 0) is 18.6 Å². The number of ether oxygens (including phenoxy) is 2. The van der Waals surface area contributed by atoms with E-state index in [0.717, 1.165) is 18.6 Å². The van der Waals surface area contributed by atoms with Crippen LogP contribution in [0.3, 0.4) is 0 Å². The number of aliphatic hydroxyl groups excluding tert-OH is 2. The van der Waals surface area contributed by atoms with E-state index in [0.29, 0.717) is 24.5 Å². The van der Waals surface area contributed by atoms with E-state index in [4.69, 9.17) is 14.0 Å². The van der Waals surface area contributed by atoms with E-state index in [1.54, 1.807) is 11.0 Å². The molecule has 0 aliphatic carbocycles. The maximum atomic E-state index is 13.8. The van der Waals surface area contributed by atoms with Crippen LogP contribution in [0.1, 0.15) is 36.8 Å². The number of likely N-dealkylation sites (tertiary alicyclic amines) is 1. The summed E-state index contributed by atoms with van der Waals surface area (Å²) in [5, 5.41) is 33.0. The van der Waals surface area contributed by atoms with E-state index >= 15 is 0 Å². The van der Waals surface area contributed by atoms with Gasteiger partial charge in [0.25, 0.3) is 0 Å². The van der Waals surface area contributed by atoms with Crippen LogP contribution >= 0.6 is 0 Å². The fourth-order valence-corrected chi connectivity index (χ4v) is 5.29. The first-order valence-corrected chi connectivity index (χ1v) is 12.4. The number of carbonyl (C=O) groups is 1. The summed E-state index contributed by atoms with van der Waals surface area (Å²) in [5.41, 5.74) is 0.547. The van der Waals surface area contributed by atoms with Gasteiger partial charge in [0.1, 0.15) is 35.8 Å². The molecule has 0 radical (unpaired) electrons. The van der Waals surface area contributed by atoms with Crippen molar-refractivity contribution in [2.75, 3.05) is 26.8 Å². The first-order valence-electron chi connectivity index (χ1n) is 12.4. The normalized spacial score (nSPS) is 27.3. The zero-order valence-corrected chi connectivity index (χ0v) is 21.2. The van der Waals surface area contributed by atoms with E-state index in [-0.39, 0.29) is 29.5 Å². The van der Waals surface area contributed by atoms with Crippen LogP contribution in [0.2, 0.25) is 0 Å². The van der Waals surface area contributed by atoms with Gasteiger partial charge in [0, 0.05) is 51.1 Å². The Bertz CT molecular complexity index is 1310. The molecule has 2 saturated heterocycles. The Morgan fingerprint density at radius 2 is 1.95 bits per heavy atom. The Balaban J connectivity index is 1.38. The lowest BCUT2D eigenvalue weighted by Gasteiger charge is -2.43. The third-order valence-electron chi connectivity index (χ3n) is 7.35. The van der Waals surface area contributed by atoms with Crippen LogP contribution in [-0.2, 0) is 20.7 Å². The molecular formula is C25H28F3N5O6. The van der Waals surface area contributed by atoms with Gasteiger partial charge >= 0.3 is 0 Å². The third-order valence-corrected chi connectivity index (χ3v) is 7.35. The number of amides is 1. The molecule has 0 spiro atoms. The number of carbonyl (C=O) groups excluding carboxylic acids is 1. The molecule has 4 heterocycles. The Hall–Kier alpha value is -3.33. The maximum Gasteiger partial charge on any atom is 0.219 e. The number of nitrogens with zero attached hydrogens (tertiary/aromatic N) is 5. The molecule has 0 bridgehead atoms. The molecule has 1 amide bonds. The molecule has 1 unspecified atom stereocenters. The van der Waals surface area contributed by atoms with Crippen LogP contribution in [0.25, 0.3) is 11.3 Å². The second-order valence-corrected chi connectivity index (χ2v) is 9.79. The van der Waals surface area contributed by atoms with Crippen LogP contribution in [0.4, 0.5) is 13.2 Å². The molecule has 0 saturated carbocycles. The number of methoxy groups -OCH3 is 1. The summed E-state index contributed by atoms with van der Waals surface area (Å²) in [6.07, 6.45) is -1.49. The Morgan fingerprint density at radius 1 is 1.21 bits per heavy atom. The molecule has 2 fully saturated rings. The first kappa shape index (κ1) is 27.2. The van der Waals surface area contributed by atoms with Crippen LogP contribution in [0.15, 0.2) is 28.9 Å². The van der Waals surface area contributed by atoms with E-state index < -0.39 is 54.5 Å². The van der Waals surface area contributed by atoms with Crippen molar-refractivity contribution >= 4 is 5.91 Å². The summed E-state index contributed by atoms with van der Waals surface area (Å²) in [4.78, 5) is 13.4. The van der Waals surface area contributed by atoms with Crippen LogP contribution < -0.4 is 0 Å². The standard InChI is InChI=1S/C25H28F3N5O6/c1-12(35)32-4-3-13(9-32)19-7-15(30-39-19)8-20-25(37-2)23(24(36)21(11-34)38-20)33-10-18(29-31-33)14-5-16(26)22(28)17(27)6-14/h5-7,10,13,20-21,23-25,34,36H,3-4,8-9,11H2,1-2H3/t13?,20-,21-,23+,24+,25+/m1/s1. The summed E-state index contributed by atoms with van der Waals surface area (Å²) < 4.78 is 59.4. The number of halogens is 3. The Morgan fingerprint density at radius 3 is 2.59 bits per heavy atom. The highest BCUT2D eigenvalue weighted by molar-refractivity contribution is 5.73. The van der Waals surface area contributed by atoms with E-state index in [2.05, 4.69) is 15.5 Å². The number of hydrogen-bond acceptors (Lipinski definition) is 9. The fraction of sp³-hybridized carbons (Fsp3) is 0.520. The molecule has 2 aliphatic rings. The minimum Gasteiger partial charge on any atom is -0.394 e. The van der Waals surface area contributed by atoms with E-state index in [1.165, 1.54) is 24.9 Å². The maximum absolute atomic E-state index is 13.8. The quantitative estimate of drug-likeness (QED) is 0.420. The number of aromatic nitrogens is 4. The van der Waals surface area contributed by atoms with Crippen molar-refractivity contribution in [1.82, 2.24) is 25.1 Å². The number of hydrogen-bond donors (Lipinski definition) is 2. The molecule has 14 heteroatoms. The number of benzene rings is 1. The zero-order chi connectivity index (χ0) is 27.8. The fourth-order valence-electron chi connectivity index (χ4n) is 5.29. The van der Waals surface area contributed by atoms with Gasteiger partial charge in [0.15, 0.2) is 17.5 Å². The topological polar surface area (TPSA) is 136 Å². The molecule has 2 aliphatic heterocycles. The van der Waals surface area contributed by atoms with Crippen molar-refractivity contribution in [2.45, 2.75) is 56.1 Å².